The molecule has 1 saturated heterocycles. The maximum absolute atomic E-state index is 12.2. The molecule has 9 heteroatoms. The number of nitrogens with one attached hydrogen (secondary N) is 2. The third-order valence-electron chi connectivity index (χ3n) is 2.95. The van der Waals surface area contributed by atoms with Gasteiger partial charge in [-0.25, -0.2) is 9.99 Å². The molecule has 9 nitrogen and oxygen atoms in total. The van der Waals surface area contributed by atoms with Gasteiger partial charge in [-0.3, -0.25) is 20.3 Å². The maximum atomic E-state index is 12.2. The first-order valence-electron chi connectivity index (χ1n) is 6.63. The van der Waals surface area contributed by atoms with Crippen molar-refractivity contribution < 1.29 is 14.5 Å². The number of nitro groups is 1. The normalized spacial score (nSPS) is 15.5. The molecule has 0 saturated carbocycles. The average molecular weight is 295 g/mol. The predicted molar refractivity (Wildman–Crippen MR) is 74.9 cm³/mol. The molecule has 21 heavy (non-hydrogen) atoms. The van der Waals surface area contributed by atoms with Crippen LogP contribution in [0.1, 0.15) is 17.3 Å². The Kier molecular flexibility index (Phi) is 5.01. The molecule has 0 atom stereocenters. The lowest BCUT2D eigenvalue weighted by Crippen LogP contribution is -2.48. The van der Waals surface area contributed by atoms with Gasteiger partial charge in [0.1, 0.15) is 17.6 Å². The first-order chi connectivity index (χ1) is 10.1. The van der Waals surface area contributed by atoms with Gasteiger partial charge in [-0.1, -0.05) is 0 Å². The Morgan fingerprint density at radius 3 is 2.86 bits per heavy atom. The smallest absolute Gasteiger partial charge is 0.300 e. The minimum absolute atomic E-state index is 0.0163. The van der Waals surface area contributed by atoms with E-state index in [1.54, 1.807) is 5.01 Å². The molecule has 1 aliphatic rings. The van der Waals surface area contributed by atoms with E-state index < -0.39 is 10.8 Å². The van der Waals surface area contributed by atoms with E-state index in [-0.39, 0.29) is 11.3 Å². The summed E-state index contributed by atoms with van der Waals surface area (Å²) in [4.78, 5) is 26.6. The number of carbonyl (C=O) groups is 1. The fraction of sp³-hybridized carbons (Fsp3) is 0.500. The number of anilines is 1. The van der Waals surface area contributed by atoms with Crippen LogP contribution < -0.4 is 10.7 Å². The Balaban J connectivity index is 2.19. The van der Waals surface area contributed by atoms with E-state index in [1.165, 1.54) is 6.07 Å². The zero-order valence-electron chi connectivity index (χ0n) is 11.7. The number of hydrogen-bond acceptors (Lipinski definition) is 7. The molecule has 2 rings (SSSR count). The minimum atomic E-state index is -0.614. The molecular weight excluding hydrogens is 278 g/mol. The molecule has 0 aliphatic carbocycles. The van der Waals surface area contributed by atoms with Gasteiger partial charge in [0.05, 0.1) is 18.1 Å². The molecule has 1 fully saturated rings. The number of hydrogen-bond donors (Lipinski definition) is 2. The Morgan fingerprint density at radius 1 is 1.52 bits per heavy atom. The molecule has 1 aliphatic heterocycles. The van der Waals surface area contributed by atoms with Gasteiger partial charge in [0.2, 0.25) is 0 Å². The quantitative estimate of drug-likeness (QED) is 0.597. The largest absolute Gasteiger partial charge is 0.379 e. The monoisotopic (exact) mass is 295 g/mol. The summed E-state index contributed by atoms with van der Waals surface area (Å²) in [5.74, 6) is -0.0969. The van der Waals surface area contributed by atoms with Crippen molar-refractivity contribution in [2.24, 2.45) is 0 Å². The van der Waals surface area contributed by atoms with Crippen LogP contribution in [0.2, 0.25) is 0 Å². The molecule has 0 aromatic carbocycles. The molecule has 0 spiro atoms. The van der Waals surface area contributed by atoms with E-state index in [4.69, 9.17) is 4.74 Å². The van der Waals surface area contributed by atoms with Crippen molar-refractivity contribution in [3.63, 3.8) is 0 Å². The number of ether oxygens (including phenoxy) is 1. The zero-order valence-corrected chi connectivity index (χ0v) is 11.7. The van der Waals surface area contributed by atoms with Crippen molar-refractivity contribution in [2.75, 3.05) is 38.2 Å². The topological polar surface area (TPSA) is 110 Å². The lowest BCUT2D eigenvalue weighted by molar-refractivity contribution is -0.385. The summed E-state index contributed by atoms with van der Waals surface area (Å²) in [6.45, 7) is 4.60. The second kappa shape index (κ2) is 6.95. The average Bonchev–Trinajstić information content (AvgIpc) is 2.48. The van der Waals surface area contributed by atoms with E-state index >= 15 is 0 Å². The van der Waals surface area contributed by atoms with Gasteiger partial charge >= 0.3 is 0 Å². The van der Waals surface area contributed by atoms with E-state index in [9.17, 15) is 14.9 Å². The highest BCUT2D eigenvalue weighted by Gasteiger charge is 2.23. The van der Waals surface area contributed by atoms with Crippen LogP contribution in [0.15, 0.2) is 12.3 Å². The summed E-state index contributed by atoms with van der Waals surface area (Å²) in [7, 11) is 0. The molecule has 0 radical (unpaired) electrons. The fourth-order valence-electron chi connectivity index (χ4n) is 1.93. The molecule has 2 N–H and O–H groups in total. The fourth-order valence-corrected chi connectivity index (χ4v) is 1.93. The summed E-state index contributed by atoms with van der Waals surface area (Å²) in [6.07, 6.45) is 1.09. The Labute approximate surface area is 121 Å². The van der Waals surface area contributed by atoms with Gasteiger partial charge in [0, 0.05) is 25.7 Å². The number of hydrazine groups is 1. The summed E-state index contributed by atoms with van der Waals surface area (Å²) in [5.41, 5.74) is 2.32. The SMILES string of the molecule is CCNc1cc(C(=O)NN2CCOCC2)c([N+](=O)[O-])cn1. The van der Waals surface area contributed by atoms with Crippen LogP contribution in [0.25, 0.3) is 0 Å². The summed E-state index contributed by atoms with van der Waals surface area (Å²) < 4.78 is 5.18. The summed E-state index contributed by atoms with van der Waals surface area (Å²) >= 11 is 0. The van der Waals surface area contributed by atoms with E-state index in [1.807, 2.05) is 6.92 Å². The number of morpholine rings is 1. The van der Waals surface area contributed by atoms with Crippen molar-refractivity contribution in [3.8, 4) is 0 Å². The molecular formula is C12H17N5O4. The van der Waals surface area contributed by atoms with Crippen LogP contribution >= 0.6 is 0 Å². The van der Waals surface area contributed by atoms with Gasteiger partial charge in [-0.2, -0.15) is 0 Å². The van der Waals surface area contributed by atoms with Crippen molar-refractivity contribution in [2.45, 2.75) is 6.92 Å². The Morgan fingerprint density at radius 2 is 2.24 bits per heavy atom. The van der Waals surface area contributed by atoms with E-state index in [2.05, 4.69) is 15.7 Å². The van der Waals surface area contributed by atoms with Gasteiger partial charge < -0.3 is 10.1 Å². The lowest BCUT2D eigenvalue weighted by Gasteiger charge is -2.26. The molecule has 2 heterocycles. The van der Waals surface area contributed by atoms with Crippen molar-refractivity contribution >= 4 is 17.4 Å². The molecule has 1 aromatic heterocycles. The molecule has 1 amide bonds. The zero-order chi connectivity index (χ0) is 15.2. The highest BCUT2D eigenvalue weighted by molar-refractivity contribution is 5.98. The number of rotatable bonds is 5. The Hall–Kier alpha value is -2.26. The second-order valence-electron chi connectivity index (χ2n) is 4.41. The lowest BCUT2D eigenvalue weighted by atomic mass is 10.2. The third kappa shape index (κ3) is 3.86. The summed E-state index contributed by atoms with van der Waals surface area (Å²) in [6, 6.07) is 1.39. The standard InChI is InChI=1S/C12H17N5O4/c1-2-13-11-7-9(10(8-14-11)17(19)20)12(18)15-16-3-5-21-6-4-16/h7-8H,2-6H2,1H3,(H,13,14)(H,15,18). The van der Waals surface area contributed by atoms with Crippen LogP contribution in [0.3, 0.4) is 0 Å². The number of nitrogens with zero attached hydrogens (tertiary/aromatic N) is 3. The predicted octanol–water partition coefficient (Wildman–Crippen LogP) is 0.399. The second-order valence-corrected chi connectivity index (χ2v) is 4.41. The van der Waals surface area contributed by atoms with Gasteiger partial charge in [-0.15, -0.1) is 0 Å². The van der Waals surface area contributed by atoms with Crippen LogP contribution in [-0.2, 0) is 4.74 Å². The maximum Gasteiger partial charge on any atom is 0.300 e. The van der Waals surface area contributed by atoms with Crippen molar-refractivity contribution in [3.05, 3.63) is 27.9 Å². The highest BCUT2D eigenvalue weighted by atomic mass is 16.6. The van der Waals surface area contributed by atoms with E-state index in [0.717, 1.165) is 6.20 Å². The molecule has 114 valence electrons. The number of amides is 1. The molecule has 0 bridgehead atoms. The highest BCUT2D eigenvalue weighted by Crippen LogP contribution is 2.20. The number of pyridine rings is 1. The van der Waals surface area contributed by atoms with Crippen LogP contribution in [0, 0.1) is 10.1 Å². The van der Waals surface area contributed by atoms with Crippen LogP contribution in [-0.4, -0.2) is 53.7 Å². The number of aromatic nitrogens is 1. The van der Waals surface area contributed by atoms with Gasteiger partial charge in [0.15, 0.2) is 0 Å². The first-order valence-corrected chi connectivity index (χ1v) is 6.63. The first kappa shape index (κ1) is 15.1. The van der Waals surface area contributed by atoms with Gasteiger partial charge in [0.25, 0.3) is 11.6 Å². The van der Waals surface area contributed by atoms with Crippen molar-refractivity contribution in [1.29, 1.82) is 0 Å². The molecule has 1 aromatic rings. The minimum Gasteiger partial charge on any atom is -0.379 e. The number of carbonyl (C=O) groups excluding carboxylic acids is 1. The van der Waals surface area contributed by atoms with E-state index in [0.29, 0.717) is 38.7 Å². The van der Waals surface area contributed by atoms with Gasteiger partial charge in [-0.05, 0) is 6.92 Å². The van der Waals surface area contributed by atoms with Crippen LogP contribution in [0.5, 0.6) is 0 Å². The molecule has 0 unspecified atom stereocenters. The third-order valence-corrected chi connectivity index (χ3v) is 2.95. The van der Waals surface area contributed by atoms with Crippen LogP contribution in [0.4, 0.5) is 11.5 Å². The summed E-state index contributed by atoms with van der Waals surface area (Å²) in [5, 5.41) is 15.6. The van der Waals surface area contributed by atoms with Crippen molar-refractivity contribution in [1.82, 2.24) is 15.4 Å². The Bertz CT molecular complexity index is 530.